The van der Waals surface area contributed by atoms with E-state index < -0.39 is 0 Å². The summed E-state index contributed by atoms with van der Waals surface area (Å²) in [6.45, 7) is 3.06. The van der Waals surface area contributed by atoms with E-state index in [-0.39, 0.29) is 0 Å². The molecule has 2 aromatic rings. The van der Waals surface area contributed by atoms with Gasteiger partial charge in [-0.1, -0.05) is 29.8 Å². The van der Waals surface area contributed by atoms with Crippen LogP contribution >= 0.6 is 0 Å². The molecule has 0 radical (unpaired) electrons. The zero-order valence-electron chi connectivity index (χ0n) is 10.8. The second-order valence-electron chi connectivity index (χ2n) is 5.11. The van der Waals surface area contributed by atoms with Gasteiger partial charge in [0.25, 0.3) is 0 Å². The maximum Gasteiger partial charge on any atom is 0.108 e. The zero-order chi connectivity index (χ0) is 12.4. The van der Waals surface area contributed by atoms with Crippen molar-refractivity contribution in [1.29, 1.82) is 0 Å². The van der Waals surface area contributed by atoms with Gasteiger partial charge in [0.1, 0.15) is 5.76 Å². The van der Waals surface area contributed by atoms with Gasteiger partial charge in [-0.3, -0.25) is 0 Å². The molecule has 0 fully saturated rings. The number of furan rings is 1. The van der Waals surface area contributed by atoms with Gasteiger partial charge in [0, 0.05) is 24.6 Å². The van der Waals surface area contributed by atoms with Crippen molar-refractivity contribution in [3.63, 3.8) is 0 Å². The van der Waals surface area contributed by atoms with E-state index in [0.29, 0.717) is 6.04 Å². The SMILES string of the molecule is Cc1cccc(CNC2CCCc3occc32)c1. The van der Waals surface area contributed by atoms with Crippen molar-refractivity contribution in [2.24, 2.45) is 0 Å². The zero-order valence-corrected chi connectivity index (χ0v) is 10.8. The van der Waals surface area contributed by atoms with Crippen LogP contribution in [-0.4, -0.2) is 0 Å². The van der Waals surface area contributed by atoms with Crippen molar-refractivity contribution in [3.05, 3.63) is 59.0 Å². The lowest BCUT2D eigenvalue weighted by atomic mass is 9.93. The second kappa shape index (κ2) is 4.99. The third-order valence-electron chi connectivity index (χ3n) is 3.69. The van der Waals surface area contributed by atoms with E-state index in [1.54, 1.807) is 0 Å². The molecule has 1 N–H and O–H groups in total. The van der Waals surface area contributed by atoms with Gasteiger partial charge >= 0.3 is 0 Å². The molecule has 1 aliphatic carbocycles. The molecule has 0 amide bonds. The highest BCUT2D eigenvalue weighted by Crippen LogP contribution is 2.30. The normalized spacial score (nSPS) is 18.6. The molecule has 2 heteroatoms. The fraction of sp³-hybridized carbons (Fsp3) is 0.375. The molecule has 0 aliphatic heterocycles. The Kier molecular flexibility index (Phi) is 3.20. The van der Waals surface area contributed by atoms with Gasteiger partial charge < -0.3 is 9.73 Å². The highest BCUT2D eigenvalue weighted by Gasteiger charge is 2.21. The van der Waals surface area contributed by atoms with Crippen LogP contribution in [0.25, 0.3) is 0 Å². The lowest BCUT2D eigenvalue weighted by molar-refractivity contribution is 0.411. The predicted octanol–water partition coefficient (Wildman–Crippen LogP) is 3.76. The molecular weight excluding hydrogens is 222 g/mol. The van der Waals surface area contributed by atoms with Crippen LogP contribution in [0.4, 0.5) is 0 Å². The first-order valence-electron chi connectivity index (χ1n) is 6.68. The van der Waals surface area contributed by atoms with Crippen LogP contribution in [0.5, 0.6) is 0 Å². The largest absolute Gasteiger partial charge is 0.469 e. The summed E-state index contributed by atoms with van der Waals surface area (Å²) in [5.74, 6) is 1.17. The van der Waals surface area contributed by atoms with Gasteiger partial charge in [0.2, 0.25) is 0 Å². The van der Waals surface area contributed by atoms with E-state index in [2.05, 4.69) is 42.6 Å². The number of rotatable bonds is 3. The van der Waals surface area contributed by atoms with Crippen LogP contribution in [-0.2, 0) is 13.0 Å². The molecule has 1 aromatic heterocycles. The first-order valence-corrected chi connectivity index (χ1v) is 6.68. The van der Waals surface area contributed by atoms with Crippen molar-refractivity contribution in [2.45, 2.75) is 38.8 Å². The van der Waals surface area contributed by atoms with E-state index in [1.807, 2.05) is 6.26 Å². The summed E-state index contributed by atoms with van der Waals surface area (Å²) >= 11 is 0. The van der Waals surface area contributed by atoms with Gasteiger partial charge in [-0.25, -0.2) is 0 Å². The minimum atomic E-state index is 0.452. The van der Waals surface area contributed by atoms with Crippen molar-refractivity contribution in [2.75, 3.05) is 0 Å². The topological polar surface area (TPSA) is 25.2 Å². The summed E-state index contributed by atoms with van der Waals surface area (Å²) in [5.41, 5.74) is 4.03. The minimum Gasteiger partial charge on any atom is -0.469 e. The Hall–Kier alpha value is -1.54. The smallest absolute Gasteiger partial charge is 0.108 e. The number of aryl methyl sites for hydroxylation is 2. The van der Waals surface area contributed by atoms with Gasteiger partial charge in [-0.2, -0.15) is 0 Å². The fourth-order valence-corrected chi connectivity index (χ4v) is 2.76. The molecule has 18 heavy (non-hydrogen) atoms. The highest BCUT2D eigenvalue weighted by atomic mass is 16.3. The lowest BCUT2D eigenvalue weighted by Gasteiger charge is -2.23. The third-order valence-corrected chi connectivity index (χ3v) is 3.69. The molecule has 94 valence electrons. The van der Waals surface area contributed by atoms with E-state index in [0.717, 1.165) is 13.0 Å². The highest BCUT2D eigenvalue weighted by molar-refractivity contribution is 5.25. The summed E-state index contributed by atoms with van der Waals surface area (Å²) in [6, 6.07) is 11.2. The number of hydrogen-bond donors (Lipinski definition) is 1. The van der Waals surface area contributed by atoms with Crippen LogP contribution in [0.2, 0.25) is 0 Å². The van der Waals surface area contributed by atoms with E-state index in [4.69, 9.17) is 4.42 Å². The summed E-state index contributed by atoms with van der Waals surface area (Å²) in [4.78, 5) is 0. The average molecular weight is 241 g/mol. The van der Waals surface area contributed by atoms with Crippen molar-refractivity contribution >= 4 is 0 Å². The molecule has 0 bridgehead atoms. The van der Waals surface area contributed by atoms with Crippen LogP contribution in [0, 0.1) is 6.92 Å². The van der Waals surface area contributed by atoms with Crippen LogP contribution in [0.3, 0.4) is 0 Å². The third kappa shape index (κ3) is 2.34. The molecule has 2 nitrogen and oxygen atoms in total. The second-order valence-corrected chi connectivity index (χ2v) is 5.11. The predicted molar refractivity (Wildman–Crippen MR) is 72.4 cm³/mol. The first kappa shape index (κ1) is 11.5. The molecule has 1 aromatic carbocycles. The molecule has 0 spiro atoms. The summed E-state index contributed by atoms with van der Waals surface area (Å²) in [6.07, 6.45) is 5.33. The average Bonchev–Trinajstić information content (AvgIpc) is 2.85. The van der Waals surface area contributed by atoms with Gasteiger partial charge in [-0.15, -0.1) is 0 Å². The van der Waals surface area contributed by atoms with Gasteiger partial charge in [0.15, 0.2) is 0 Å². The Labute approximate surface area is 108 Å². The Morgan fingerprint density at radius 3 is 3.17 bits per heavy atom. The molecule has 1 unspecified atom stereocenters. The fourth-order valence-electron chi connectivity index (χ4n) is 2.76. The van der Waals surface area contributed by atoms with Crippen molar-refractivity contribution in [3.8, 4) is 0 Å². The molecule has 3 rings (SSSR count). The molecule has 0 saturated carbocycles. The summed E-state index contributed by atoms with van der Waals surface area (Å²) in [7, 11) is 0. The monoisotopic (exact) mass is 241 g/mol. The number of benzene rings is 1. The Morgan fingerprint density at radius 2 is 2.28 bits per heavy atom. The van der Waals surface area contributed by atoms with E-state index >= 15 is 0 Å². The Bertz CT molecular complexity index is 529. The lowest BCUT2D eigenvalue weighted by Crippen LogP contribution is -2.24. The minimum absolute atomic E-state index is 0.452. The van der Waals surface area contributed by atoms with Gasteiger partial charge in [-0.05, 0) is 31.4 Å². The summed E-state index contributed by atoms with van der Waals surface area (Å²) < 4.78 is 5.52. The van der Waals surface area contributed by atoms with Crippen LogP contribution in [0.1, 0.15) is 41.3 Å². The molecule has 0 saturated heterocycles. The Morgan fingerprint density at radius 1 is 1.33 bits per heavy atom. The first-order chi connectivity index (χ1) is 8.83. The Balaban J connectivity index is 1.68. The standard InChI is InChI=1S/C16H19NO/c1-12-4-2-5-13(10-12)11-17-15-6-3-7-16-14(15)8-9-18-16/h2,4-5,8-10,15,17H,3,6-7,11H2,1H3. The molecule has 1 aliphatic rings. The van der Waals surface area contributed by atoms with E-state index in [1.165, 1.54) is 35.3 Å². The maximum absolute atomic E-state index is 5.52. The van der Waals surface area contributed by atoms with Crippen LogP contribution in [0.15, 0.2) is 41.0 Å². The maximum atomic E-state index is 5.52. The number of hydrogen-bond acceptors (Lipinski definition) is 2. The van der Waals surface area contributed by atoms with Crippen molar-refractivity contribution in [1.82, 2.24) is 5.32 Å². The molecule has 1 heterocycles. The molecular formula is C16H19NO. The quantitative estimate of drug-likeness (QED) is 0.885. The van der Waals surface area contributed by atoms with Gasteiger partial charge in [0.05, 0.1) is 6.26 Å². The molecule has 1 atom stereocenters. The number of nitrogens with one attached hydrogen (secondary N) is 1. The van der Waals surface area contributed by atoms with Crippen LogP contribution < -0.4 is 5.32 Å². The van der Waals surface area contributed by atoms with Crippen molar-refractivity contribution < 1.29 is 4.42 Å². The van der Waals surface area contributed by atoms with E-state index in [9.17, 15) is 0 Å². The summed E-state index contributed by atoms with van der Waals surface area (Å²) in [5, 5.41) is 3.65. The number of fused-ring (bicyclic) bond motifs is 1.